The molecule has 2 saturated heterocycles. The van der Waals surface area contributed by atoms with Gasteiger partial charge in [0, 0.05) is 19.8 Å². The monoisotopic (exact) mass is 288 g/mol. The van der Waals surface area contributed by atoms with Crippen LogP contribution >= 0.6 is 0 Å². The van der Waals surface area contributed by atoms with E-state index >= 15 is 0 Å². The van der Waals surface area contributed by atoms with E-state index in [0.717, 1.165) is 19.4 Å². The first-order chi connectivity index (χ1) is 10.7. The van der Waals surface area contributed by atoms with Crippen molar-refractivity contribution >= 4 is 15.0 Å². The number of fused-ring (bicyclic) bond motifs is 1. The zero-order chi connectivity index (χ0) is 15.2. The molecule has 3 radical (unpaired) electrons. The molecule has 2 aliphatic rings. The summed E-state index contributed by atoms with van der Waals surface area (Å²) >= 11 is 0. The Bertz CT molecular complexity index is 624. The number of quaternary nitrogens is 1. The number of benzene rings is 2. The van der Waals surface area contributed by atoms with Crippen molar-refractivity contribution in [3.05, 3.63) is 71.8 Å². The lowest BCUT2D eigenvalue weighted by Gasteiger charge is -2.51. The third-order valence-electron chi connectivity index (χ3n) is 5.51. The van der Waals surface area contributed by atoms with Gasteiger partial charge < -0.3 is 8.96 Å². The summed E-state index contributed by atoms with van der Waals surface area (Å²) in [6.45, 7) is 3.11. The van der Waals surface area contributed by atoms with Gasteiger partial charge in [-0.05, 0) is 17.5 Å². The van der Waals surface area contributed by atoms with Gasteiger partial charge in [0.1, 0.15) is 0 Å². The lowest BCUT2D eigenvalue weighted by atomic mass is 9.75. The smallest absolute Gasteiger partial charge is 0.520 e. The van der Waals surface area contributed by atoms with Gasteiger partial charge in [-0.1, -0.05) is 60.7 Å². The highest BCUT2D eigenvalue weighted by molar-refractivity contribution is 6.47. The fourth-order valence-electron chi connectivity index (χ4n) is 4.44. The second kappa shape index (κ2) is 5.00. The SMILES string of the molecule is [B-][N@+]12CCC[C@H]1C(c1ccccc1)(c1ccccc1)OB2C. The van der Waals surface area contributed by atoms with E-state index in [4.69, 9.17) is 12.6 Å². The van der Waals surface area contributed by atoms with Crippen LogP contribution < -0.4 is 0 Å². The van der Waals surface area contributed by atoms with Crippen molar-refractivity contribution in [2.24, 2.45) is 0 Å². The number of rotatable bonds is 2. The summed E-state index contributed by atoms with van der Waals surface area (Å²) in [6.07, 6.45) is 2.26. The Hall–Kier alpha value is -1.51. The van der Waals surface area contributed by atoms with Crippen molar-refractivity contribution in [2.45, 2.75) is 31.3 Å². The molecular weight excluding hydrogens is 268 g/mol. The summed E-state index contributed by atoms with van der Waals surface area (Å²) in [5.74, 6) is 0. The van der Waals surface area contributed by atoms with Gasteiger partial charge in [0.25, 0.3) is 0 Å². The third-order valence-corrected chi connectivity index (χ3v) is 5.51. The molecule has 0 N–H and O–H groups in total. The minimum atomic E-state index is -0.437. The zero-order valence-electron chi connectivity index (χ0n) is 13.0. The van der Waals surface area contributed by atoms with Gasteiger partial charge in [-0.3, -0.25) is 0 Å². The maximum Gasteiger partial charge on any atom is 0.520 e. The van der Waals surface area contributed by atoms with Crippen LogP contribution in [0.1, 0.15) is 24.0 Å². The number of nitrogens with zero attached hydrogens (tertiary/aromatic N) is 1. The van der Waals surface area contributed by atoms with Crippen LogP contribution in [-0.2, 0) is 10.3 Å². The first kappa shape index (κ1) is 14.1. The van der Waals surface area contributed by atoms with Crippen molar-refractivity contribution in [1.29, 1.82) is 0 Å². The normalized spacial score (nSPS) is 29.5. The molecule has 0 amide bonds. The second-order valence-electron chi connectivity index (χ2n) is 6.56. The Labute approximate surface area is 134 Å². The molecule has 0 bridgehead atoms. The Morgan fingerprint density at radius 2 is 1.59 bits per heavy atom. The molecule has 2 heterocycles. The van der Waals surface area contributed by atoms with Crippen molar-refractivity contribution in [3.63, 3.8) is 0 Å². The predicted molar refractivity (Wildman–Crippen MR) is 90.3 cm³/mol. The first-order valence-corrected chi connectivity index (χ1v) is 8.13. The molecule has 22 heavy (non-hydrogen) atoms. The Morgan fingerprint density at radius 1 is 1.05 bits per heavy atom. The lowest BCUT2D eigenvalue weighted by molar-refractivity contribution is -0.716. The van der Waals surface area contributed by atoms with Gasteiger partial charge in [-0.25, -0.2) is 7.98 Å². The summed E-state index contributed by atoms with van der Waals surface area (Å²) in [6, 6.07) is 21.4. The van der Waals surface area contributed by atoms with Crippen LogP contribution in [0.2, 0.25) is 6.82 Å². The maximum atomic E-state index is 6.77. The van der Waals surface area contributed by atoms with Crippen LogP contribution in [0.5, 0.6) is 0 Å². The van der Waals surface area contributed by atoms with Crippen LogP contribution in [0.25, 0.3) is 0 Å². The van der Waals surface area contributed by atoms with Gasteiger partial charge in [0.05, 0.1) is 6.04 Å². The molecular formula is C18H20B2NO. The molecule has 0 saturated carbocycles. The van der Waals surface area contributed by atoms with Crippen LogP contribution in [0.4, 0.5) is 0 Å². The highest BCUT2D eigenvalue weighted by atomic mass is 16.5. The van der Waals surface area contributed by atoms with Crippen molar-refractivity contribution < 1.29 is 8.96 Å². The average Bonchev–Trinajstić information content (AvgIpc) is 3.06. The largest absolute Gasteiger partial charge is 0.630 e. The predicted octanol–water partition coefficient (Wildman–Crippen LogP) is 3.14. The van der Waals surface area contributed by atoms with Crippen LogP contribution in [0.3, 0.4) is 0 Å². The molecule has 2 aromatic carbocycles. The van der Waals surface area contributed by atoms with E-state index in [2.05, 4.69) is 67.5 Å². The maximum absolute atomic E-state index is 6.77. The van der Waals surface area contributed by atoms with Gasteiger partial charge >= 0.3 is 7.05 Å². The molecule has 0 unspecified atom stereocenters. The Kier molecular flexibility index (Phi) is 3.21. The zero-order valence-corrected chi connectivity index (χ0v) is 13.0. The molecule has 2 aromatic rings. The highest BCUT2D eigenvalue weighted by Gasteiger charge is 2.60. The number of hydrogen-bond donors (Lipinski definition) is 0. The molecule has 0 aliphatic carbocycles. The minimum Gasteiger partial charge on any atom is -0.630 e. The summed E-state index contributed by atoms with van der Waals surface area (Å²) in [7, 11) is 6.78. The standard InChI is InChI=1S/C18H20B2NO/c1-20-21(19)14-8-13-17(21)18(22-20,15-9-4-2-5-10-15)16-11-6-3-7-12-16/h2-7,9-12,17H,8,13-14H2,1H3/t17-,21-/m0/s1. The minimum absolute atomic E-state index is 0.00733. The molecule has 109 valence electrons. The van der Waals surface area contributed by atoms with E-state index in [9.17, 15) is 0 Å². The van der Waals surface area contributed by atoms with Crippen LogP contribution in [0.15, 0.2) is 60.7 Å². The number of hydrogen-bond acceptors (Lipinski definition) is 1. The molecule has 4 heteroatoms. The lowest BCUT2D eigenvalue weighted by Crippen LogP contribution is -2.55. The second-order valence-corrected chi connectivity index (χ2v) is 6.56. The summed E-state index contributed by atoms with van der Waals surface area (Å²) < 4.78 is 7.17. The average molecular weight is 288 g/mol. The van der Waals surface area contributed by atoms with Crippen LogP contribution in [-0.4, -0.2) is 31.9 Å². The highest BCUT2D eigenvalue weighted by Crippen LogP contribution is 2.51. The van der Waals surface area contributed by atoms with E-state index in [1.165, 1.54) is 11.1 Å². The molecule has 2 aliphatic heterocycles. The molecule has 2 fully saturated rings. The van der Waals surface area contributed by atoms with Crippen molar-refractivity contribution in [2.75, 3.05) is 6.54 Å². The third kappa shape index (κ3) is 1.77. The van der Waals surface area contributed by atoms with E-state index < -0.39 is 5.60 Å². The van der Waals surface area contributed by atoms with Crippen LogP contribution in [0, 0.1) is 0 Å². The quantitative estimate of drug-likeness (QED) is 0.771. The van der Waals surface area contributed by atoms with E-state index in [1.807, 2.05) is 0 Å². The first-order valence-electron chi connectivity index (χ1n) is 8.13. The molecule has 0 aromatic heterocycles. The van der Waals surface area contributed by atoms with Gasteiger partial charge in [0.2, 0.25) is 0 Å². The van der Waals surface area contributed by atoms with E-state index in [-0.39, 0.29) is 13.1 Å². The van der Waals surface area contributed by atoms with Gasteiger partial charge in [-0.15, -0.1) is 0 Å². The van der Waals surface area contributed by atoms with E-state index in [1.54, 1.807) is 0 Å². The van der Waals surface area contributed by atoms with Crippen molar-refractivity contribution in [3.8, 4) is 0 Å². The summed E-state index contributed by atoms with van der Waals surface area (Å²) in [5, 5.41) is 0. The van der Waals surface area contributed by atoms with Crippen molar-refractivity contribution in [1.82, 2.24) is 0 Å². The fraction of sp³-hybridized carbons (Fsp3) is 0.333. The Morgan fingerprint density at radius 3 is 2.14 bits per heavy atom. The molecule has 2 nitrogen and oxygen atoms in total. The summed E-state index contributed by atoms with van der Waals surface area (Å²) in [4.78, 5) is 0. The molecule has 4 rings (SSSR count). The molecule has 0 spiro atoms. The van der Waals surface area contributed by atoms with E-state index in [0.29, 0.717) is 4.31 Å². The molecule has 2 atom stereocenters. The fourth-order valence-corrected chi connectivity index (χ4v) is 4.44. The van der Waals surface area contributed by atoms with Gasteiger partial charge in [-0.2, -0.15) is 0 Å². The topological polar surface area (TPSA) is 9.23 Å². The Balaban J connectivity index is 1.95. The summed E-state index contributed by atoms with van der Waals surface area (Å²) in [5.41, 5.74) is 1.99. The van der Waals surface area contributed by atoms with Gasteiger partial charge in [0.15, 0.2) is 5.60 Å².